The molecule has 1 aromatic carbocycles. The number of hydrogen-bond donors (Lipinski definition) is 1. The molecule has 1 aromatic heterocycles. The molecule has 0 bridgehead atoms. The normalized spacial score (nSPS) is 11.1. The van der Waals surface area contributed by atoms with Crippen LogP contribution in [0.15, 0.2) is 29.0 Å². The fourth-order valence-electron chi connectivity index (χ4n) is 1.84. The second-order valence-corrected chi connectivity index (χ2v) is 6.26. The topological polar surface area (TPSA) is 29.9 Å². The largest absolute Gasteiger partial charge is 0.325 e. The average Bonchev–Trinajstić information content (AvgIpc) is 2.72. The predicted octanol–water partition coefficient (Wildman–Crippen LogP) is 5.01. The van der Waals surface area contributed by atoms with Gasteiger partial charge in [0.2, 0.25) is 5.95 Å². The molecule has 0 unspecified atom stereocenters. The maximum Gasteiger partial charge on any atom is 0.207 e. The van der Waals surface area contributed by atoms with Crippen LogP contribution < -0.4 is 5.32 Å². The first-order valence-electron chi connectivity index (χ1n) is 6.21. The molecule has 19 heavy (non-hydrogen) atoms. The summed E-state index contributed by atoms with van der Waals surface area (Å²) >= 11 is 9.71. The molecule has 102 valence electrons. The van der Waals surface area contributed by atoms with Crippen LogP contribution in [0.1, 0.15) is 19.4 Å². The summed E-state index contributed by atoms with van der Waals surface area (Å²) in [7, 11) is 0. The van der Waals surface area contributed by atoms with Gasteiger partial charge in [-0.2, -0.15) is 0 Å². The van der Waals surface area contributed by atoms with Gasteiger partial charge in [0.25, 0.3) is 0 Å². The van der Waals surface area contributed by atoms with E-state index < -0.39 is 0 Å². The van der Waals surface area contributed by atoms with Crippen molar-refractivity contribution in [3.63, 3.8) is 0 Å². The summed E-state index contributed by atoms with van der Waals surface area (Å²) in [5, 5.41) is 4.06. The Balaban J connectivity index is 2.26. The Kier molecular flexibility index (Phi) is 4.53. The molecule has 0 saturated heterocycles. The minimum Gasteiger partial charge on any atom is -0.325 e. The molecule has 0 atom stereocenters. The number of anilines is 2. The third-order valence-electron chi connectivity index (χ3n) is 2.77. The molecule has 0 fully saturated rings. The maximum absolute atomic E-state index is 6.16. The predicted molar refractivity (Wildman–Crippen MR) is 84.2 cm³/mol. The maximum atomic E-state index is 6.16. The summed E-state index contributed by atoms with van der Waals surface area (Å²) in [5.74, 6) is 1.40. The van der Waals surface area contributed by atoms with Gasteiger partial charge < -0.3 is 9.88 Å². The van der Waals surface area contributed by atoms with E-state index in [1.807, 2.05) is 25.3 Å². The third-order valence-corrected chi connectivity index (χ3v) is 3.84. The van der Waals surface area contributed by atoms with Crippen LogP contribution in [0.2, 0.25) is 5.02 Å². The quantitative estimate of drug-likeness (QED) is 0.846. The smallest absolute Gasteiger partial charge is 0.207 e. The first-order valence-corrected chi connectivity index (χ1v) is 7.38. The van der Waals surface area contributed by atoms with E-state index >= 15 is 0 Å². The van der Waals surface area contributed by atoms with Crippen LogP contribution in [0, 0.1) is 12.8 Å². The second-order valence-electron chi connectivity index (χ2n) is 5.00. The minimum absolute atomic E-state index is 0.569. The highest BCUT2D eigenvalue weighted by Crippen LogP contribution is 2.31. The molecule has 0 aliphatic rings. The standard InChI is InChI=1S/C14H17BrClN3/c1-9(2)8-19-5-4-17-14(19)18-13-7-12(16)10(3)6-11(13)15/h4-7,9H,8H2,1-3H3,(H,17,18). The lowest BCUT2D eigenvalue weighted by molar-refractivity contribution is 0.527. The molecule has 0 aliphatic heterocycles. The molecule has 0 amide bonds. The van der Waals surface area contributed by atoms with Gasteiger partial charge in [-0.1, -0.05) is 25.4 Å². The van der Waals surface area contributed by atoms with Crippen molar-refractivity contribution in [3.05, 3.63) is 39.6 Å². The van der Waals surface area contributed by atoms with Gasteiger partial charge in [-0.05, 0) is 46.5 Å². The summed E-state index contributed by atoms with van der Waals surface area (Å²) in [4.78, 5) is 4.35. The van der Waals surface area contributed by atoms with Crippen molar-refractivity contribution in [2.75, 3.05) is 5.32 Å². The molecule has 0 aliphatic carbocycles. The van der Waals surface area contributed by atoms with Gasteiger partial charge in [0.15, 0.2) is 0 Å². The van der Waals surface area contributed by atoms with E-state index in [1.54, 1.807) is 6.20 Å². The fraction of sp³-hybridized carbons (Fsp3) is 0.357. The van der Waals surface area contributed by atoms with Crippen LogP contribution in [-0.4, -0.2) is 9.55 Å². The summed E-state index contributed by atoms with van der Waals surface area (Å²) in [6, 6.07) is 3.91. The molecule has 0 saturated carbocycles. The number of rotatable bonds is 4. The van der Waals surface area contributed by atoms with Gasteiger partial charge in [-0.15, -0.1) is 0 Å². The Labute approximate surface area is 127 Å². The Morgan fingerprint density at radius 2 is 2.16 bits per heavy atom. The molecule has 1 N–H and O–H groups in total. The van der Waals surface area contributed by atoms with E-state index in [4.69, 9.17) is 11.6 Å². The second kappa shape index (κ2) is 5.97. The van der Waals surface area contributed by atoms with Gasteiger partial charge in [-0.3, -0.25) is 0 Å². The van der Waals surface area contributed by atoms with Crippen molar-refractivity contribution in [3.8, 4) is 0 Å². The molecular formula is C14H17BrClN3. The highest BCUT2D eigenvalue weighted by molar-refractivity contribution is 9.10. The number of halogens is 2. The number of benzene rings is 1. The zero-order valence-electron chi connectivity index (χ0n) is 11.2. The van der Waals surface area contributed by atoms with E-state index in [-0.39, 0.29) is 0 Å². The molecule has 3 nitrogen and oxygen atoms in total. The van der Waals surface area contributed by atoms with Gasteiger partial charge in [-0.25, -0.2) is 4.98 Å². The van der Waals surface area contributed by atoms with Gasteiger partial charge in [0.1, 0.15) is 0 Å². The summed E-state index contributed by atoms with van der Waals surface area (Å²) in [6.07, 6.45) is 3.78. The minimum atomic E-state index is 0.569. The highest BCUT2D eigenvalue weighted by atomic mass is 79.9. The van der Waals surface area contributed by atoms with Crippen LogP contribution in [0.4, 0.5) is 11.6 Å². The Bertz CT molecular complexity index is 578. The van der Waals surface area contributed by atoms with E-state index in [0.29, 0.717) is 5.92 Å². The fourth-order valence-corrected chi connectivity index (χ4v) is 2.56. The number of hydrogen-bond acceptors (Lipinski definition) is 2. The first kappa shape index (κ1) is 14.4. The lowest BCUT2D eigenvalue weighted by Gasteiger charge is -2.13. The Morgan fingerprint density at radius 1 is 1.42 bits per heavy atom. The highest BCUT2D eigenvalue weighted by Gasteiger charge is 2.09. The van der Waals surface area contributed by atoms with Crippen molar-refractivity contribution in [2.24, 2.45) is 5.92 Å². The molecule has 0 radical (unpaired) electrons. The molecule has 1 heterocycles. The zero-order valence-corrected chi connectivity index (χ0v) is 13.6. The van der Waals surface area contributed by atoms with Crippen LogP contribution in [0.25, 0.3) is 0 Å². The van der Waals surface area contributed by atoms with Crippen molar-refractivity contribution in [1.29, 1.82) is 0 Å². The van der Waals surface area contributed by atoms with Crippen LogP contribution in [0.5, 0.6) is 0 Å². The first-order chi connectivity index (χ1) is 8.97. The van der Waals surface area contributed by atoms with Crippen molar-refractivity contribution < 1.29 is 0 Å². The van der Waals surface area contributed by atoms with E-state index in [9.17, 15) is 0 Å². The summed E-state index contributed by atoms with van der Waals surface area (Å²) < 4.78 is 3.08. The van der Waals surface area contributed by atoms with Crippen LogP contribution >= 0.6 is 27.5 Å². The van der Waals surface area contributed by atoms with Crippen molar-refractivity contribution in [2.45, 2.75) is 27.3 Å². The monoisotopic (exact) mass is 341 g/mol. The molecular weight excluding hydrogens is 326 g/mol. The van der Waals surface area contributed by atoms with E-state index in [0.717, 1.165) is 33.2 Å². The van der Waals surface area contributed by atoms with Crippen LogP contribution in [0.3, 0.4) is 0 Å². The average molecular weight is 343 g/mol. The Morgan fingerprint density at radius 3 is 2.84 bits per heavy atom. The number of imidazole rings is 1. The SMILES string of the molecule is Cc1cc(Br)c(Nc2nccn2CC(C)C)cc1Cl. The van der Waals surface area contributed by atoms with Gasteiger partial charge >= 0.3 is 0 Å². The van der Waals surface area contributed by atoms with Crippen LogP contribution in [-0.2, 0) is 6.54 Å². The Hall–Kier alpha value is -1.00. The zero-order chi connectivity index (χ0) is 14.0. The van der Waals surface area contributed by atoms with Crippen molar-refractivity contribution >= 4 is 39.2 Å². The van der Waals surface area contributed by atoms with E-state index in [1.165, 1.54) is 0 Å². The summed E-state index contributed by atoms with van der Waals surface area (Å²) in [6.45, 7) is 7.28. The number of nitrogens with zero attached hydrogens (tertiary/aromatic N) is 2. The lowest BCUT2D eigenvalue weighted by atomic mass is 10.2. The molecule has 2 rings (SSSR count). The van der Waals surface area contributed by atoms with Crippen molar-refractivity contribution in [1.82, 2.24) is 9.55 Å². The lowest BCUT2D eigenvalue weighted by Crippen LogP contribution is -2.07. The van der Waals surface area contributed by atoms with Gasteiger partial charge in [0, 0.05) is 28.4 Å². The molecule has 5 heteroatoms. The third kappa shape index (κ3) is 3.51. The summed E-state index contributed by atoms with van der Waals surface area (Å²) in [5.41, 5.74) is 1.97. The van der Waals surface area contributed by atoms with Gasteiger partial charge in [0.05, 0.1) is 5.69 Å². The molecule has 0 spiro atoms. The number of aromatic nitrogens is 2. The van der Waals surface area contributed by atoms with E-state index in [2.05, 4.69) is 44.6 Å². The number of nitrogens with one attached hydrogen (secondary N) is 1. The molecule has 2 aromatic rings. The number of aryl methyl sites for hydroxylation is 1.